The number of aromatic nitrogens is 1. The summed E-state index contributed by atoms with van der Waals surface area (Å²) in [6.45, 7) is 1.33. The second kappa shape index (κ2) is 11.1. The van der Waals surface area contributed by atoms with Crippen molar-refractivity contribution in [3.8, 4) is 17.4 Å². The quantitative estimate of drug-likeness (QED) is 0.474. The average molecular weight is 426 g/mol. The zero-order valence-electron chi connectivity index (χ0n) is 17.0. The molecule has 164 valence electrons. The van der Waals surface area contributed by atoms with Crippen molar-refractivity contribution >= 4 is 5.96 Å². The van der Waals surface area contributed by atoms with E-state index in [0.717, 1.165) is 0 Å². The Morgan fingerprint density at radius 1 is 1.17 bits per heavy atom. The van der Waals surface area contributed by atoms with Gasteiger partial charge < -0.3 is 24.8 Å². The topological polar surface area (TPSA) is 77.0 Å². The van der Waals surface area contributed by atoms with Crippen molar-refractivity contribution in [1.82, 2.24) is 15.6 Å². The van der Waals surface area contributed by atoms with Gasteiger partial charge in [0, 0.05) is 31.9 Å². The van der Waals surface area contributed by atoms with Crippen LogP contribution in [-0.4, -0.2) is 50.5 Å². The number of hydrogen-bond acceptors (Lipinski definition) is 5. The van der Waals surface area contributed by atoms with Crippen molar-refractivity contribution < 1.29 is 27.4 Å². The molecule has 0 aliphatic rings. The van der Waals surface area contributed by atoms with Gasteiger partial charge in [-0.2, -0.15) is 13.2 Å². The molecule has 0 amide bonds. The third kappa shape index (κ3) is 8.46. The Hall–Kier alpha value is -3.17. The number of benzene rings is 1. The number of nitrogens with one attached hydrogen (secondary N) is 2. The van der Waals surface area contributed by atoms with Crippen LogP contribution in [0.4, 0.5) is 13.2 Å². The standard InChI is InChI=1S/C20H25F3N4O3/c1-14(30-17-6-4-5-16(10-17)28-3)11-26-19(24-2)27-12-15-7-8-25-18(9-15)29-13-20(21,22)23/h4-10,14H,11-13H2,1-3H3,(H2,24,26,27). The molecule has 2 aromatic rings. The van der Waals surface area contributed by atoms with Gasteiger partial charge in [-0.25, -0.2) is 4.98 Å². The number of guanidine groups is 1. The molecular formula is C20H25F3N4O3. The van der Waals surface area contributed by atoms with E-state index in [1.807, 2.05) is 25.1 Å². The lowest BCUT2D eigenvalue weighted by atomic mass is 10.2. The van der Waals surface area contributed by atoms with E-state index in [4.69, 9.17) is 9.47 Å². The maximum atomic E-state index is 12.3. The number of methoxy groups -OCH3 is 1. The van der Waals surface area contributed by atoms with Crippen LogP contribution < -0.4 is 24.8 Å². The van der Waals surface area contributed by atoms with E-state index in [0.29, 0.717) is 36.1 Å². The molecule has 0 fully saturated rings. The summed E-state index contributed by atoms with van der Waals surface area (Å²) in [5, 5.41) is 6.22. The van der Waals surface area contributed by atoms with Crippen LogP contribution in [0, 0.1) is 0 Å². The minimum Gasteiger partial charge on any atom is -0.497 e. The van der Waals surface area contributed by atoms with Gasteiger partial charge in [0.15, 0.2) is 12.6 Å². The molecule has 1 aromatic carbocycles. The molecule has 0 radical (unpaired) electrons. The highest BCUT2D eigenvalue weighted by atomic mass is 19.4. The van der Waals surface area contributed by atoms with Gasteiger partial charge in [-0.05, 0) is 30.7 Å². The average Bonchev–Trinajstić information content (AvgIpc) is 2.72. The van der Waals surface area contributed by atoms with Gasteiger partial charge in [0.1, 0.15) is 17.6 Å². The number of rotatable bonds is 9. The Kier molecular flexibility index (Phi) is 8.57. The molecule has 0 aliphatic carbocycles. The summed E-state index contributed by atoms with van der Waals surface area (Å²) in [4.78, 5) is 7.90. The van der Waals surface area contributed by atoms with E-state index < -0.39 is 12.8 Å². The van der Waals surface area contributed by atoms with Crippen molar-refractivity contribution in [1.29, 1.82) is 0 Å². The van der Waals surface area contributed by atoms with Crippen LogP contribution in [0.5, 0.6) is 17.4 Å². The van der Waals surface area contributed by atoms with E-state index in [2.05, 4.69) is 25.3 Å². The van der Waals surface area contributed by atoms with Crippen LogP contribution in [0.25, 0.3) is 0 Å². The second-order valence-corrected chi connectivity index (χ2v) is 6.32. The SMILES string of the molecule is CN=C(NCc1ccnc(OCC(F)(F)F)c1)NCC(C)Oc1cccc(OC)c1. The fourth-order valence-electron chi connectivity index (χ4n) is 2.39. The molecule has 0 saturated heterocycles. The number of ether oxygens (including phenoxy) is 3. The summed E-state index contributed by atoms with van der Waals surface area (Å²) in [5.74, 6) is 1.83. The summed E-state index contributed by atoms with van der Waals surface area (Å²) in [7, 11) is 3.21. The van der Waals surface area contributed by atoms with Gasteiger partial charge in [-0.1, -0.05) is 6.07 Å². The first-order valence-corrected chi connectivity index (χ1v) is 9.19. The van der Waals surface area contributed by atoms with Crippen molar-refractivity contribution in [3.05, 3.63) is 48.2 Å². The van der Waals surface area contributed by atoms with E-state index >= 15 is 0 Å². The third-order valence-electron chi connectivity index (χ3n) is 3.80. The molecule has 0 saturated carbocycles. The van der Waals surface area contributed by atoms with Gasteiger partial charge in [-0.3, -0.25) is 4.99 Å². The third-order valence-corrected chi connectivity index (χ3v) is 3.80. The molecular weight excluding hydrogens is 401 g/mol. The zero-order valence-corrected chi connectivity index (χ0v) is 17.0. The highest BCUT2D eigenvalue weighted by molar-refractivity contribution is 5.79. The molecule has 1 unspecified atom stereocenters. The molecule has 30 heavy (non-hydrogen) atoms. The van der Waals surface area contributed by atoms with Crippen LogP contribution >= 0.6 is 0 Å². The minimum atomic E-state index is -4.41. The monoisotopic (exact) mass is 426 g/mol. The summed E-state index contributed by atoms with van der Waals surface area (Å²) in [5.41, 5.74) is 0.700. The Morgan fingerprint density at radius 2 is 1.93 bits per heavy atom. The predicted octanol–water partition coefficient (Wildman–Crippen LogP) is 3.16. The first-order chi connectivity index (χ1) is 14.3. The second-order valence-electron chi connectivity index (χ2n) is 6.32. The number of halogens is 3. The van der Waals surface area contributed by atoms with Crippen molar-refractivity contribution in [2.45, 2.75) is 25.7 Å². The minimum absolute atomic E-state index is 0.0881. The Bertz CT molecular complexity index is 831. The number of hydrogen-bond donors (Lipinski definition) is 2. The molecule has 7 nitrogen and oxygen atoms in total. The molecule has 1 heterocycles. The fourth-order valence-corrected chi connectivity index (χ4v) is 2.39. The van der Waals surface area contributed by atoms with Gasteiger partial charge in [0.05, 0.1) is 13.7 Å². The molecule has 0 bridgehead atoms. The summed E-state index contributed by atoms with van der Waals surface area (Å²) in [6, 6.07) is 10.4. The van der Waals surface area contributed by atoms with E-state index in [1.165, 1.54) is 12.3 Å². The molecule has 2 rings (SSSR count). The van der Waals surface area contributed by atoms with Crippen LogP contribution in [0.3, 0.4) is 0 Å². The maximum Gasteiger partial charge on any atom is 0.422 e. The first-order valence-electron chi connectivity index (χ1n) is 9.19. The Labute approximate surface area is 173 Å². The van der Waals surface area contributed by atoms with Crippen molar-refractivity contribution in [3.63, 3.8) is 0 Å². The zero-order chi connectivity index (χ0) is 22.0. The largest absolute Gasteiger partial charge is 0.497 e. The number of pyridine rings is 1. The first kappa shape index (κ1) is 23.1. The summed E-state index contributed by atoms with van der Waals surface area (Å²) >= 11 is 0. The van der Waals surface area contributed by atoms with Gasteiger partial charge in [0.2, 0.25) is 5.88 Å². The van der Waals surface area contributed by atoms with Crippen LogP contribution in [-0.2, 0) is 6.54 Å². The van der Waals surface area contributed by atoms with Gasteiger partial charge >= 0.3 is 6.18 Å². The van der Waals surface area contributed by atoms with Crippen molar-refractivity contribution in [2.75, 3.05) is 27.3 Å². The molecule has 1 atom stereocenters. The van der Waals surface area contributed by atoms with E-state index in [1.54, 1.807) is 26.3 Å². The lowest BCUT2D eigenvalue weighted by molar-refractivity contribution is -0.154. The number of aliphatic imine (C=N–C) groups is 1. The lowest BCUT2D eigenvalue weighted by Crippen LogP contribution is -2.41. The number of alkyl halides is 3. The summed E-state index contributed by atoms with van der Waals surface area (Å²) < 4.78 is 52.5. The normalized spacial score (nSPS) is 12.8. The van der Waals surface area contributed by atoms with Crippen molar-refractivity contribution in [2.24, 2.45) is 4.99 Å². The van der Waals surface area contributed by atoms with E-state index in [9.17, 15) is 13.2 Å². The Balaban J connectivity index is 1.80. The Morgan fingerprint density at radius 3 is 2.63 bits per heavy atom. The maximum absolute atomic E-state index is 12.3. The lowest BCUT2D eigenvalue weighted by Gasteiger charge is -2.18. The molecule has 0 aliphatic heterocycles. The molecule has 1 aromatic heterocycles. The smallest absolute Gasteiger partial charge is 0.422 e. The molecule has 0 spiro atoms. The molecule has 10 heteroatoms. The highest BCUT2D eigenvalue weighted by Gasteiger charge is 2.28. The van der Waals surface area contributed by atoms with Crippen LogP contribution in [0.15, 0.2) is 47.6 Å². The number of nitrogens with zero attached hydrogens (tertiary/aromatic N) is 2. The highest BCUT2D eigenvalue weighted by Crippen LogP contribution is 2.20. The van der Waals surface area contributed by atoms with E-state index in [-0.39, 0.29) is 12.0 Å². The summed E-state index contributed by atoms with van der Waals surface area (Å²) in [6.07, 6.45) is -3.17. The van der Waals surface area contributed by atoms with Gasteiger partial charge in [-0.15, -0.1) is 0 Å². The predicted molar refractivity (Wildman–Crippen MR) is 107 cm³/mol. The van der Waals surface area contributed by atoms with Gasteiger partial charge in [0.25, 0.3) is 0 Å². The van der Waals surface area contributed by atoms with Crippen LogP contribution in [0.1, 0.15) is 12.5 Å². The fraction of sp³-hybridized carbons (Fsp3) is 0.400. The van der Waals surface area contributed by atoms with Crippen LogP contribution in [0.2, 0.25) is 0 Å². The molecule has 2 N–H and O–H groups in total.